The molecule has 144 valence electrons. The monoisotopic (exact) mass is 396 g/mol. The lowest BCUT2D eigenvalue weighted by Crippen LogP contribution is -2.28. The summed E-state index contributed by atoms with van der Waals surface area (Å²) < 4.78 is 13.9. The second-order valence-electron chi connectivity index (χ2n) is 7.53. The van der Waals surface area contributed by atoms with Gasteiger partial charge in [0.15, 0.2) is 0 Å². The normalized spacial score (nSPS) is 18.6. The highest BCUT2D eigenvalue weighted by atomic mass is 32.1. The van der Waals surface area contributed by atoms with Gasteiger partial charge in [-0.1, -0.05) is 6.07 Å². The molecular weight excluding hydrogens is 375 g/mol. The van der Waals surface area contributed by atoms with Crippen LogP contribution in [0, 0.1) is 5.82 Å². The van der Waals surface area contributed by atoms with E-state index in [4.69, 9.17) is 0 Å². The van der Waals surface area contributed by atoms with E-state index >= 15 is 0 Å². The largest absolute Gasteiger partial charge is 0.363 e. The van der Waals surface area contributed by atoms with Gasteiger partial charge < -0.3 is 10.2 Å². The number of nitrogens with zero attached hydrogens (tertiary/aromatic N) is 3. The van der Waals surface area contributed by atoms with E-state index < -0.39 is 0 Å². The summed E-state index contributed by atoms with van der Waals surface area (Å²) in [5.74, 6) is 0.583. The van der Waals surface area contributed by atoms with Crippen LogP contribution in [0.15, 0.2) is 24.5 Å². The molecule has 1 atom stereocenters. The number of aryl methyl sites for hydroxylation is 2. The first kappa shape index (κ1) is 17.6. The fraction of sp³-hybridized carbons (Fsp3) is 0.381. The zero-order valence-corrected chi connectivity index (χ0v) is 16.5. The lowest BCUT2D eigenvalue weighted by molar-refractivity contribution is -0.129. The minimum Gasteiger partial charge on any atom is -0.363 e. The zero-order chi connectivity index (χ0) is 19.3. The van der Waals surface area contributed by atoms with Crippen molar-refractivity contribution < 1.29 is 9.18 Å². The Morgan fingerprint density at radius 2 is 2.21 bits per heavy atom. The lowest BCUT2D eigenvalue weighted by atomic mass is 9.99. The Morgan fingerprint density at radius 1 is 1.32 bits per heavy atom. The smallest absolute Gasteiger partial charge is 0.219 e. The maximum absolute atomic E-state index is 13.9. The summed E-state index contributed by atoms with van der Waals surface area (Å²) in [7, 11) is 0. The van der Waals surface area contributed by atoms with Crippen molar-refractivity contribution in [2.45, 2.75) is 45.2 Å². The summed E-state index contributed by atoms with van der Waals surface area (Å²) in [5, 5.41) is 4.75. The number of benzene rings is 1. The SMILES string of the molecule is CC(=O)N1CCC(Nc2ncnc3sc4c(c23)CCC4)c2ccc(F)cc2C1. The summed E-state index contributed by atoms with van der Waals surface area (Å²) in [4.78, 5) is 25.2. The third kappa shape index (κ3) is 2.94. The predicted molar refractivity (Wildman–Crippen MR) is 108 cm³/mol. The summed E-state index contributed by atoms with van der Waals surface area (Å²) in [6.45, 7) is 2.63. The first-order valence-electron chi connectivity index (χ1n) is 9.66. The summed E-state index contributed by atoms with van der Waals surface area (Å²) >= 11 is 1.76. The van der Waals surface area contributed by atoms with Gasteiger partial charge in [-0.15, -0.1) is 11.3 Å². The molecule has 7 heteroatoms. The second-order valence-corrected chi connectivity index (χ2v) is 8.61. The van der Waals surface area contributed by atoms with Crippen molar-refractivity contribution >= 4 is 33.3 Å². The second kappa shape index (κ2) is 6.81. The van der Waals surface area contributed by atoms with Crippen LogP contribution in [0.3, 0.4) is 0 Å². The molecule has 2 aromatic heterocycles. The first-order valence-corrected chi connectivity index (χ1v) is 10.5. The van der Waals surface area contributed by atoms with Gasteiger partial charge in [-0.2, -0.15) is 0 Å². The minimum atomic E-state index is -0.275. The molecule has 5 rings (SSSR count). The van der Waals surface area contributed by atoms with Crippen LogP contribution in [0.2, 0.25) is 0 Å². The Hall–Kier alpha value is -2.54. The fourth-order valence-electron chi connectivity index (χ4n) is 4.40. The van der Waals surface area contributed by atoms with E-state index in [1.807, 2.05) is 6.07 Å². The van der Waals surface area contributed by atoms with Gasteiger partial charge in [-0.3, -0.25) is 4.79 Å². The molecule has 5 nitrogen and oxygen atoms in total. The van der Waals surface area contributed by atoms with Crippen LogP contribution in [0.4, 0.5) is 10.2 Å². The molecule has 1 unspecified atom stereocenters. The lowest BCUT2D eigenvalue weighted by Gasteiger charge is -2.20. The van der Waals surface area contributed by atoms with Crippen LogP contribution in [0.25, 0.3) is 10.2 Å². The van der Waals surface area contributed by atoms with Crippen LogP contribution >= 0.6 is 11.3 Å². The molecule has 0 radical (unpaired) electrons. The van der Waals surface area contributed by atoms with Gasteiger partial charge in [-0.05, 0) is 54.5 Å². The molecule has 1 aliphatic carbocycles. The van der Waals surface area contributed by atoms with Crippen LogP contribution in [-0.2, 0) is 24.2 Å². The Kier molecular flexibility index (Phi) is 4.27. The number of fused-ring (bicyclic) bond motifs is 4. The average molecular weight is 396 g/mol. The van der Waals surface area contributed by atoms with E-state index in [1.165, 1.54) is 22.9 Å². The molecule has 0 spiro atoms. The topological polar surface area (TPSA) is 58.1 Å². The fourth-order valence-corrected chi connectivity index (χ4v) is 5.63. The molecule has 0 saturated carbocycles. The number of hydrogen-bond donors (Lipinski definition) is 1. The van der Waals surface area contributed by atoms with E-state index in [0.717, 1.165) is 46.4 Å². The van der Waals surface area contributed by atoms with E-state index in [9.17, 15) is 9.18 Å². The number of amides is 1. The number of rotatable bonds is 2. The number of carbonyl (C=O) groups excluding carboxylic acids is 1. The number of carbonyl (C=O) groups is 1. The number of nitrogens with one attached hydrogen (secondary N) is 1. The molecular formula is C21H21FN4OS. The maximum atomic E-state index is 13.9. The molecule has 1 aliphatic heterocycles. The van der Waals surface area contributed by atoms with Crippen molar-refractivity contribution in [2.24, 2.45) is 0 Å². The van der Waals surface area contributed by atoms with E-state index in [2.05, 4.69) is 15.3 Å². The highest BCUT2D eigenvalue weighted by Crippen LogP contribution is 2.40. The molecule has 0 saturated heterocycles. The van der Waals surface area contributed by atoms with E-state index in [1.54, 1.807) is 35.6 Å². The van der Waals surface area contributed by atoms with Crippen molar-refractivity contribution in [1.29, 1.82) is 0 Å². The van der Waals surface area contributed by atoms with Crippen molar-refractivity contribution in [3.8, 4) is 0 Å². The number of aromatic nitrogens is 2. The molecule has 3 heterocycles. The number of anilines is 1. The molecule has 1 aromatic carbocycles. The molecule has 2 aliphatic rings. The Labute approximate surface area is 166 Å². The molecule has 1 N–H and O–H groups in total. The highest BCUT2D eigenvalue weighted by Gasteiger charge is 2.27. The van der Waals surface area contributed by atoms with E-state index in [0.29, 0.717) is 13.1 Å². The van der Waals surface area contributed by atoms with Crippen LogP contribution in [0.5, 0.6) is 0 Å². The standard InChI is InChI=1S/C21H21FN4OS/c1-12(27)26-8-7-17(15-6-5-14(22)9-13(15)10-26)25-20-19-16-3-2-4-18(16)28-21(19)24-11-23-20/h5-6,9,11,17H,2-4,7-8,10H2,1H3,(H,23,24,25). The highest BCUT2D eigenvalue weighted by molar-refractivity contribution is 7.19. The third-order valence-electron chi connectivity index (χ3n) is 5.79. The summed E-state index contributed by atoms with van der Waals surface area (Å²) in [5.41, 5.74) is 3.26. The van der Waals surface area contributed by atoms with Crippen molar-refractivity contribution in [3.05, 3.63) is 51.9 Å². The summed E-state index contributed by atoms with van der Waals surface area (Å²) in [6.07, 6.45) is 5.73. The van der Waals surface area contributed by atoms with Crippen molar-refractivity contribution in [1.82, 2.24) is 14.9 Å². The maximum Gasteiger partial charge on any atom is 0.219 e. The van der Waals surface area contributed by atoms with Gasteiger partial charge in [0.1, 0.15) is 22.8 Å². The molecule has 1 amide bonds. The quantitative estimate of drug-likeness (QED) is 0.704. The van der Waals surface area contributed by atoms with E-state index in [-0.39, 0.29) is 17.8 Å². The number of halogens is 1. The van der Waals surface area contributed by atoms with Gasteiger partial charge in [0.05, 0.1) is 11.4 Å². The molecule has 28 heavy (non-hydrogen) atoms. The number of thiophene rings is 1. The van der Waals surface area contributed by atoms with Crippen molar-refractivity contribution in [3.63, 3.8) is 0 Å². The van der Waals surface area contributed by atoms with Crippen LogP contribution < -0.4 is 5.32 Å². The minimum absolute atomic E-state index is 0.0101. The first-order chi connectivity index (χ1) is 13.6. The van der Waals surface area contributed by atoms with Crippen LogP contribution in [-0.4, -0.2) is 27.3 Å². The van der Waals surface area contributed by atoms with Gasteiger partial charge in [0, 0.05) is 24.9 Å². The Morgan fingerprint density at radius 3 is 3.07 bits per heavy atom. The molecule has 3 aromatic rings. The van der Waals surface area contributed by atoms with Crippen LogP contribution in [0.1, 0.15) is 47.4 Å². The predicted octanol–water partition coefficient (Wildman–Crippen LogP) is 4.22. The molecule has 0 fully saturated rings. The number of hydrogen-bond acceptors (Lipinski definition) is 5. The van der Waals surface area contributed by atoms with Gasteiger partial charge in [-0.25, -0.2) is 14.4 Å². The van der Waals surface area contributed by atoms with Gasteiger partial charge in [0.25, 0.3) is 0 Å². The zero-order valence-electron chi connectivity index (χ0n) is 15.7. The Balaban J connectivity index is 1.55. The van der Waals surface area contributed by atoms with Gasteiger partial charge >= 0.3 is 0 Å². The summed E-state index contributed by atoms with van der Waals surface area (Å²) in [6, 6.07) is 4.84. The third-order valence-corrected chi connectivity index (χ3v) is 6.99. The molecule has 0 bridgehead atoms. The van der Waals surface area contributed by atoms with Crippen molar-refractivity contribution in [2.75, 3.05) is 11.9 Å². The Bertz CT molecular complexity index is 1080. The van der Waals surface area contributed by atoms with Gasteiger partial charge in [0.2, 0.25) is 5.91 Å². The average Bonchev–Trinajstić information content (AvgIpc) is 3.20.